The van der Waals surface area contributed by atoms with Gasteiger partial charge in [-0.15, -0.1) is 0 Å². The summed E-state index contributed by atoms with van der Waals surface area (Å²) in [5, 5.41) is 0. The van der Waals surface area contributed by atoms with Gasteiger partial charge >= 0.3 is 6.09 Å². The SMILES string of the molecule is CN1CCC(c2ccc(F)cc2)OC1=O. The van der Waals surface area contributed by atoms with Gasteiger partial charge in [0.1, 0.15) is 11.9 Å². The monoisotopic (exact) mass is 209 g/mol. The highest BCUT2D eigenvalue weighted by atomic mass is 19.1. The summed E-state index contributed by atoms with van der Waals surface area (Å²) in [6.07, 6.45) is 0.179. The Kier molecular flexibility index (Phi) is 2.58. The van der Waals surface area contributed by atoms with Crippen LogP contribution in [-0.2, 0) is 4.74 Å². The molecule has 80 valence electrons. The first-order chi connectivity index (χ1) is 7.16. The molecule has 0 bridgehead atoms. The summed E-state index contributed by atoms with van der Waals surface area (Å²) in [5.41, 5.74) is 0.845. The minimum atomic E-state index is -0.324. The van der Waals surface area contributed by atoms with Gasteiger partial charge in [0, 0.05) is 20.0 Å². The Balaban J connectivity index is 2.12. The van der Waals surface area contributed by atoms with Crippen molar-refractivity contribution in [3.8, 4) is 0 Å². The molecule has 1 amide bonds. The zero-order chi connectivity index (χ0) is 10.8. The lowest BCUT2D eigenvalue weighted by Crippen LogP contribution is -2.35. The van der Waals surface area contributed by atoms with Gasteiger partial charge in [-0.05, 0) is 17.7 Å². The molecule has 1 aromatic carbocycles. The van der Waals surface area contributed by atoms with Crippen LogP contribution in [0.2, 0.25) is 0 Å². The van der Waals surface area contributed by atoms with Gasteiger partial charge in [-0.25, -0.2) is 9.18 Å². The lowest BCUT2D eigenvalue weighted by molar-refractivity contribution is 0.0324. The van der Waals surface area contributed by atoms with E-state index < -0.39 is 0 Å². The van der Waals surface area contributed by atoms with Crippen molar-refractivity contribution in [2.24, 2.45) is 0 Å². The molecule has 1 aliphatic rings. The van der Waals surface area contributed by atoms with E-state index in [-0.39, 0.29) is 18.0 Å². The summed E-state index contributed by atoms with van der Waals surface area (Å²) in [5.74, 6) is -0.280. The molecule has 1 saturated heterocycles. The van der Waals surface area contributed by atoms with E-state index in [1.54, 1.807) is 19.2 Å². The van der Waals surface area contributed by atoms with Crippen molar-refractivity contribution in [1.29, 1.82) is 0 Å². The molecule has 0 aliphatic carbocycles. The smallest absolute Gasteiger partial charge is 0.410 e. The number of benzene rings is 1. The second-order valence-electron chi connectivity index (χ2n) is 3.63. The lowest BCUT2D eigenvalue weighted by atomic mass is 10.1. The standard InChI is InChI=1S/C11H12FNO2/c1-13-7-6-10(15-11(13)14)8-2-4-9(12)5-3-8/h2-5,10H,6-7H2,1H3. The van der Waals surface area contributed by atoms with Gasteiger partial charge in [0.15, 0.2) is 0 Å². The van der Waals surface area contributed by atoms with Gasteiger partial charge in [-0.2, -0.15) is 0 Å². The molecule has 4 heteroatoms. The molecule has 3 nitrogen and oxygen atoms in total. The molecular weight excluding hydrogens is 197 g/mol. The Bertz CT molecular complexity index is 363. The van der Waals surface area contributed by atoms with E-state index in [1.165, 1.54) is 17.0 Å². The fraction of sp³-hybridized carbons (Fsp3) is 0.364. The summed E-state index contributed by atoms with van der Waals surface area (Å²) in [6.45, 7) is 0.668. The molecule has 0 N–H and O–H groups in total. The number of hydrogen-bond donors (Lipinski definition) is 0. The number of halogens is 1. The molecule has 1 aliphatic heterocycles. The van der Waals surface area contributed by atoms with E-state index >= 15 is 0 Å². The highest BCUT2D eigenvalue weighted by molar-refractivity contribution is 5.68. The third-order valence-electron chi connectivity index (χ3n) is 2.52. The molecular formula is C11H12FNO2. The topological polar surface area (TPSA) is 29.5 Å². The quantitative estimate of drug-likeness (QED) is 0.710. The van der Waals surface area contributed by atoms with Crippen molar-refractivity contribution < 1.29 is 13.9 Å². The molecule has 2 rings (SSSR count). The van der Waals surface area contributed by atoms with Crippen LogP contribution in [0.15, 0.2) is 24.3 Å². The summed E-state index contributed by atoms with van der Waals surface area (Å²) >= 11 is 0. The zero-order valence-electron chi connectivity index (χ0n) is 8.44. The minimum absolute atomic E-state index is 0.241. The largest absolute Gasteiger partial charge is 0.441 e. The molecule has 0 radical (unpaired) electrons. The molecule has 1 fully saturated rings. The van der Waals surface area contributed by atoms with E-state index in [9.17, 15) is 9.18 Å². The molecule has 1 unspecified atom stereocenters. The van der Waals surface area contributed by atoms with Crippen LogP contribution in [0.4, 0.5) is 9.18 Å². The van der Waals surface area contributed by atoms with Gasteiger partial charge in [-0.1, -0.05) is 12.1 Å². The number of rotatable bonds is 1. The van der Waals surface area contributed by atoms with E-state index in [0.29, 0.717) is 6.54 Å². The third-order valence-corrected chi connectivity index (χ3v) is 2.52. The van der Waals surface area contributed by atoms with Gasteiger partial charge in [0.25, 0.3) is 0 Å². The van der Waals surface area contributed by atoms with Crippen molar-refractivity contribution in [2.45, 2.75) is 12.5 Å². The Hall–Kier alpha value is -1.58. The lowest BCUT2D eigenvalue weighted by Gasteiger charge is -2.29. The maximum Gasteiger partial charge on any atom is 0.410 e. The van der Waals surface area contributed by atoms with Crippen molar-refractivity contribution in [2.75, 3.05) is 13.6 Å². The summed E-state index contributed by atoms with van der Waals surface area (Å²) in [6, 6.07) is 6.06. The number of nitrogens with zero attached hydrogens (tertiary/aromatic N) is 1. The Morgan fingerprint density at radius 1 is 1.40 bits per heavy atom. The van der Waals surface area contributed by atoms with Crippen LogP contribution in [0, 0.1) is 5.82 Å². The van der Waals surface area contributed by atoms with E-state index in [2.05, 4.69) is 0 Å². The molecule has 15 heavy (non-hydrogen) atoms. The Morgan fingerprint density at radius 2 is 2.07 bits per heavy atom. The normalized spacial score (nSPS) is 21.3. The Morgan fingerprint density at radius 3 is 2.67 bits per heavy atom. The molecule has 0 saturated carbocycles. The predicted octanol–water partition coefficient (Wildman–Crippen LogP) is 2.34. The van der Waals surface area contributed by atoms with Gasteiger partial charge in [0.05, 0.1) is 0 Å². The van der Waals surface area contributed by atoms with Crippen molar-refractivity contribution in [3.63, 3.8) is 0 Å². The molecule has 1 aromatic rings. The summed E-state index contributed by atoms with van der Waals surface area (Å²) in [7, 11) is 1.70. The van der Waals surface area contributed by atoms with Gasteiger partial charge in [0.2, 0.25) is 0 Å². The summed E-state index contributed by atoms with van der Waals surface area (Å²) in [4.78, 5) is 12.8. The number of carbonyl (C=O) groups is 1. The van der Waals surface area contributed by atoms with Crippen LogP contribution in [-0.4, -0.2) is 24.6 Å². The van der Waals surface area contributed by atoms with Crippen molar-refractivity contribution in [1.82, 2.24) is 4.90 Å². The van der Waals surface area contributed by atoms with Crippen LogP contribution >= 0.6 is 0 Å². The first kappa shape index (κ1) is 9.96. The highest BCUT2D eigenvalue weighted by Crippen LogP contribution is 2.25. The number of hydrogen-bond acceptors (Lipinski definition) is 2. The van der Waals surface area contributed by atoms with E-state index in [0.717, 1.165) is 12.0 Å². The van der Waals surface area contributed by atoms with Crippen LogP contribution < -0.4 is 0 Å². The zero-order valence-corrected chi connectivity index (χ0v) is 8.44. The minimum Gasteiger partial charge on any atom is -0.441 e. The fourth-order valence-electron chi connectivity index (χ4n) is 1.58. The van der Waals surface area contributed by atoms with Crippen molar-refractivity contribution >= 4 is 6.09 Å². The van der Waals surface area contributed by atoms with E-state index in [1.807, 2.05) is 0 Å². The van der Waals surface area contributed by atoms with Gasteiger partial charge < -0.3 is 9.64 Å². The predicted molar refractivity (Wildman–Crippen MR) is 52.9 cm³/mol. The molecule has 0 aromatic heterocycles. The highest BCUT2D eigenvalue weighted by Gasteiger charge is 2.25. The van der Waals surface area contributed by atoms with Crippen LogP contribution in [0.25, 0.3) is 0 Å². The number of cyclic esters (lactones) is 1. The second-order valence-corrected chi connectivity index (χ2v) is 3.63. The van der Waals surface area contributed by atoms with E-state index in [4.69, 9.17) is 4.74 Å². The second kappa shape index (κ2) is 3.88. The first-order valence-electron chi connectivity index (χ1n) is 4.84. The van der Waals surface area contributed by atoms with Crippen molar-refractivity contribution in [3.05, 3.63) is 35.6 Å². The number of ether oxygens (including phenoxy) is 1. The number of amides is 1. The number of carbonyl (C=O) groups excluding carboxylic acids is 1. The Labute approximate surface area is 87.5 Å². The van der Waals surface area contributed by atoms with Crippen LogP contribution in [0.3, 0.4) is 0 Å². The average molecular weight is 209 g/mol. The van der Waals surface area contributed by atoms with Crippen LogP contribution in [0.1, 0.15) is 18.1 Å². The molecule has 1 atom stereocenters. The average Bonchev–Trinajstić information content (AvgIpc) is 2.23. The molecule has 1 heterocycles. The third kappa shape index (κ3) is 2.09. The molecule has 0 spiro atoms. The first-order valence-corrected chi connectivity index (χ1v) is 4.84. The van der Waals surface area contributed by atoms with Crippen LogP contribution in [0.5, 0.6) is 0 Å². The summed E-state index contributed by atoms with van der Waals surface area (Å²) < 4.78 is 17.9. The fourth-order valence-corrected chi connectivity index (χ4v) is 1.58. The maximum atomic E-state index is 12.7. The maximum absolute atomic E-state index is 12.7. The van der Waals surface area contributed by atoms with Gasteiger partial charge in [-0.3, -0.25) is 0 Å².